The standard InChI is InChI=1S/C15H20N2O/c1-10(2)16-8-15(18)13-9-17(4)14-6-5-11(3)7-12(13)14/h5-7,9-10,16H,8H2,1-4H3. The minimum absolute atomic E-state index is 0.153. The lowest BCUT2D eigenvalue weighted by Crippen LogP contribution is -2.29. The summed E-state index contributed by atoms with van der Waals surface area (Å²) in [4.78, 5) is 12.2. The number of Topliss-reactive ketones (excluding diaryl/α,β-unsaturated/α-hetero) is 1. The van der Waals surface area contributed by atoms with E-state index in [0.717, 1.165) is 16.5 Å². The largest absolute Gasteiger partial charge is 0.350 e. The fourth-order valence-corrected chi connectivity index (χ4v) is 2.12. The van der Waals surface area contributed by atoms with Gasteiger partial charge in [0, 0.05) is 35.8 Å². The Hall–Kier alpha value is -1.61. The first-order valence-electron chi connectivity index (χ1n) is 6.31. The SMILES string of the molecule is Cc1ccc2c(c1)c(C(=O)CNC(C)C)cn2C. The number of ketones is 1. The summed E-state index contributed by atoms with van der Waals surface area (Å²) in [6, 6.07) is 6.55. The molecule has 1 aromatic carbocycles. The Morgan fingerprint density at radius 2 is 2.11 bits per heavy atom. The van der Waals surface area contributed by atoms with Crippen LogP contribution < -0.4 is 5.32 Å². The lowest BCUT2D eigenvalue weighted by atomic mass is 10.1. The quantitative estimate of drug-likeness (QED) is 0.839. The zero-order valence-electron chi connectivity index (χ0n) is 11.4. The van der Waals surface area contributed by atoms with Gasteiger partial charge in [-0.2, -0.15) is 0 Å². The van der Waals surface area contributed by atoms with Gasteiger partial charge in [0.2, 0.25) is 0 Å². The lowest BCUT2D eigenvalue weighted by molar-refractivity contribution is 0.0990. The van der Waals surface area contributed by atoms with Crippen molar-refractivity contribution in [3.8, 4) is 0 Å². The second-order valence-electron chi connectivity index (χ2n) is 5.13. The number of nitrogens with zero attached hydrogens (tertiary/aromatic N) is 1. The van der Waals surface area contributed by atoms with Crippen molar-refractivity contribution in [3.05, 3.63) is 35.5 Å². The Morgan fingerprint density at radius 3 is 2.78 bits per heavy atom. The molecule has 0 amide bonds. The van der Waals surface area contributed by atoms with Gasteiger partial charge in [-0.25, -0.2) is 0 Å². The number of aromatic nitrogens is 1. The van der Waals surface area contributed by atoms with Crippen LogP contribution in [0.1, 0.15) is 29.8 Å². The summed E-state index contributed by atoms with van der Waals surface area (Å²) in [5, 5.41) is 4.22. The molecule has 2 rings (SSSR count). The Kier molecular flexibility index (Phi) is 3.53. The van der Waals surface area contributed by atoms with Gasteiger partial charge in [-0.15, -0.1) is 0 Å². The molecule has 3 heteroatoms. The molecule has 0 atom stereocenters. The predicted molar refractivity (Wildman–Crippen MR) is 75.1 cm³/mol. The maximum absolute atomic E-state index is 12.2. The summed E-state index contributed by atoms with van der Waals surface area (Å²) >= 11 is 0. The molecule has 0 saturated carbocycles. The molecule has 18 heavy (non-hydrogen) atoms. The van der Waals surface area contributed by atoms with Crippen LogP contribution in [0.4, 0.5) is 0 Å². The molecule has 0 spiro atoms. The molecular weight excluding hydrogens is 224 g/mol. The van der Waals surface area contributed by atoms with E-state index >= 15 is 0 Å². The molecule has 1 N–H and O–H groups in total. The van der Waals surface area contributed by atoms with Gasteiger partial charge in [0.15, 0.2) is 5.78 Å². The average Bonchev–Trinajstić information content (AvgIpc) is 2.63. The van der Waals surface area contributed by atoms with E-state index in [9.17, 15) is 4.79 Å². The van der Waals surface area contributed by atoms with Crippen molar-refractivity contribution >= 4 is 16.7 Å². The molecule has 0 bridgehead atoms. The second-order valence-corrected chi connectivity index (χ2v) is 5.13. The lowest BCUT2D eigenvalue weighted by Gasteiger charge is -2.06. The van der Waals surface area contributed by atoms with Crippen molar-refractivity contribution in [1.29, 1.82) is 0 Å². The average molecular weight is 244 g/mol. The highest BCUT2D eigenvalue weighted by Crippen LogP contribution is 2.22. The summed E-state index contributed by atoms with van der Waals surface area (Å²) < 4.78 is 2.01. The van der Waals surface area contributed by atoms with Crippen LogP contribution >= 0.6 is 0 Å². The molecule has 2 aromatic rings. The molecule has 0 aliphatic heterocycles. The van der Waals surface area contributed by atoms with E-state index < -0.39 is 0 Å². The molecule has 0 aliphatic carbocycles. The number of hydrogen-bond donors (Lipinski definition) is 1. The zero-order chi connectivity index (χ0) is 13.3. The van der Waals surface area contributed by atoms with Gasteiger partial charge >= 0.3 is 0 Å². The van der Waals surface area contributed by atoms with Crippen LogP contribution in [0.2, 0.25) is 0 Å². The third-order valence-corrected chi connectivity index (χ3v) is 3.12. The Labute approximate surface area is 108 Å². The second kappa shape index (κ2) is 4.94. The fraction of sp³-hybridized carbons (Fsp3) is 0.400. The number of fused-ring (bicyclic) bond motifs is 1. The summed E-state index contributed by atoms with van der Waals surface area (Å²) in [5.74, 6) is 0.153. The summed E-state index contributed by atoms with van der Waals surface area (Å²) in [7, 11) is 1.98. The van der Waals surface area contributed by atoms with Crippen molar-refractivity contribution in [1.82, 2.24) is 9.88 Å². The van der Waals surface area contributed by atoms with E-state index in [2.05, 4.69) is 23.5 Å². The third-order valence-electron chi connectivity index (χ3n) is 3.12. The van der Waals surface area contributed by atoms with Crippen molar-refractivity contribution in [2.75, 3.05) is 6.54 Å². The monoisotopic (exact) mass is 244 g/mol. The van der Waals surface area contributed by atoms with Crippen molar-refractivity contribution < 1.29 is 4.79 Å². The summed E-state index contributed by atoms with van der Waals surface area (Å²) in [6.07, 6.45) is 1.93. The van der Waals surface area contributed by atoms with Crippen LogP contribution in [0.3, 0.4) is 0 Å². The number of rotatable bonds is 4. The van der Waals surface area contributed by atoms with E-state index in [4.69, 9.17) is 0 Å². The molecule has 96 valence electrons. The smallest absolute Gasteiger partial charge is 0.178 e. The minimum atomic E-state index is 0.153. The normalized spacial score (nSPS) is 11.4. The van der Waals surface area contributed by atoms with Crippen LogP contribution in [-0.4, -0.2) is 22.9 Å². The molecule has 0 unspecified atom stereocenters. The van der Waals surface area contributed by atoms with Crippen LogP contribution in [0.5, 0.6) is 0 Å². The number of aryl methyl sites for hydroxylation is 2. The zero-order valence-corrected chi connectivity index (χ0v) is 11.4. The highest BCUT2D eigenvalue weighted by molar-refractivity contribution is 6.09. The topological polar surface area (TPSA) is 34.0 Å². The maximum Gasteiger partial charge on any atom is 0.178 e. The molecule has 1 heterocycles. The predicted octanol–water partition coefficient (Wildman–Crippen LogP) is 2.67. The number of nitrogens with one attached hydrogen (secondary N) is 1. The molecule has 3 nitrogen and oxygen atoms in total. The third kappa shape index (κ3) is 2.46. The van der Waals surface area contributed by atoms with Gasteiger partial charge in [0.1, 0.15) is 0 Å². The first-order chi connectivity index (χ1) is 8.49. The van der Waals surface area contributed by atoms with Gasteiger partial charge < -0.3 is 9.88 Å². The van der Waals surface area contributed by atoms with Crippen LogP contribution in [-0.2, 0) is 7.05 Å². The number of carbonyl (C=O) groups excluding carboxylic acids is 1. The van der Waals surface area contributed by atoms with Crippen molar-refractivity contribution in [2.45, 2.75) is 26.8 Å². The maximum atomic E-state index is 12.2. The number of benzene rings is 1. The van der Waals surface area contributed by atoms with Gasteiger partial charge in [0.05, 0.1) is 6.54 Å². The van der Waals surface area contributed by atoms with E-state index in [1.807, 2.05) is 38.6 Å². The Bertz CT molecular complexity index is 581. The Balaban J connectivity index is 2.38. The Morgan fingerprint density at radius 1 is 1.39 bits per heavy atom. The summed E-state index contributed by atoms with van der Waals surface area (Å²) in [5.41, 5.74) is 3.09. The highest BCUT2D eigenvalue weighted by atomic mass is 16.1. The molecular formula is C15H20N2O. The van der Waals surface area contributed by atoms with Crippen LogP contribution in [0, 0.1) is 6.92 Å². The molecule has 0 saturated heterocycles. The van der Waals surface area contributed by atoms with E-state index in [1.165, 1.54) is 5.56 Å². The van der Waals surface area contributed by atoms with Crippen molar-refractivity contribution in [3.63, 3.8) is 0 Å². The highest BCUT2D eigenvalue weighted by Gasteiger charge is 2.13. The van der Waals surface area contributed by atoms with Crippen LogP contribution in [0.15, 0.2) is 24.4 Å². The molecule has 1 aromatic heterocycles. The van der Waals surface area contributed by atoms with E-state index in [-0.39, 0.29) is 5.78 Å². The first-order valence-corrected chi connectivity index (χ1v) is 6.31. The van der Waals surface area contributed by atoms with Gasteiger partial charge in [0.25, 0.3) is 0 Å². The van der Waals surface area contributed by atoms with E-state index in [1.54, 1.807) is 0 Å². The summed E-state index contributed by atoms with van der Waals surface area (Å²) in [6.45, 7) is 6.53. The van der Waals surface area contributed by atoms with Gasteiger partial charge in [-0.3, -0.25) is 4.79 Å². The van der Waals surface area contributed by atoms with Crippen LogP contribution in [0.25, 0.3) is 10.9 Å². The fourth-order valence-electron chi connectivity index (χ4n) is 2.12. The van der Waals surface area contributed by atoms with E-state index in [0.29, 0.717) is 12.6 Å². The number of hydrogen-bond acceptors (Lipinski definition) is 2. The molecule has 0 aliphatic rings. The number of carbonyl (C=O) groups is 1. The van der Waals surface area contributed by atoms with Gasteiger partial charge in [-0.05, 0) is 19.1 Å². The molecule has 0 radical (unpaired) electrons. The van der Waals surface area contributed by atoms with Gasteiger partial charge in [-0.1, -0.05) is 25.5 Å². The first kappa shape index (κ1) is 12.8. The minimum Gasteiger partial charge on any atom is -0.350 e. The molecule has 0 fully saturated rings. The van der Waals surface area contributed by atoms with Crippen molar-refractivity contribution in [2.24, 2.45) is 7.05 Å².